The molecule has 0 unspecified atom stereocenters. The van der Waals surface area contributed by atoms with Gasteiger partial charge in [0.05, 0.1) is 13.2 Å². The molecule has 3 heteroatoms. The summed E-state index contributed by atoms with van der Waals surface area (Å²) in [5.41, 5.74) is 0. The van der Waals surface area contributed by atoms with E-state index in [1.54, 1.807) is 0 Å². The Morgan fingerprint density at radius 1 is 1.67 bits per heavy atom. The highest BCUT2D eigenvalue weighted by Gasteiger charge is 2.17. The largest absolute Gasteiger partial charge is 0.424 e. The first kappa shape index (κ1) is 7.25. The fraction of sp³-hybridized carbons (Fsp3) is 1.00. The molecule has 1 aliphatic heterocycles. The Labute approximate surface area is 58.5 Å². The lowest BCUT2D eigenvalue weighted by atomic mass is 10.1. The van der Waals surface area contributed by atoms with Crippen LogP contribution in [0.1, 0.15) is 6.92 Å². The van der Waals surface area contributed by atoms with Crippen molar-refractivity contribution in [2.45, 2.75) is 13.0 Å². The Balaban J connectivity index is 1.80. The van der Waals surface area contributed by atoms with Crippen LogP contribution in [0.4, 0.5) is 0 Å². The SMILES string of the molecule is CCO[SiH2]CC1COC1. The summed E-state index contributed by atoms with van der Waals surface area (Å²) >= 11 is 0. The predicted octanol–water partition coefficient (Wildman–Crippen LogP) is 0.171. The maximum absolute atomic E-state index is 5.32. The zero-order valence-electron chi connectivity index (χ0n) is 5.93. The van der Waals surface area contributed by atoms with Gasteiger partial charge in [-0.15, -0.1) is 0 Å². The second-order valence-electron chi connectivity index (χ2n) is 2.39. The van der Waals surface area contributed by atoms with Gasteiger partial charge in [0, 0.05) is 12.5 Å². The summed E-state index contributed by atoms with van der Waals surface area (Å²) in [4.78, 5) is 0. The molecule has 0 aromatic rings. The van der Waals surface area contributed by atoms with E-state index < -0.39 is 0 Å². The first-order valence-corrected chi connectivity index (χ1v) is 5.16. The lowest BCUT2D eigenvalue weighted by Crippen LogP contribution is -2.28. The Hall–Kier alpha value is 0.137. The van der Waals surface area contributed by atoms with E-state index in [-0.39, 0.29) is 9.76 Å². The Bertz CT molecular complexity index is 73.5. The molecular weight excluding hydrogens is 132 g/mol. The predicted molar refractivity (Wildman–Crippen MR) is 39.3 cm³/mol. The van der Waals surface area contributed by atoms with Crippen molar-refractivity contribution >= 4 is 9.76 Å². The molecule has 0 saturated carbocycles. The van der Waals surface area contributed by atoms with E-state index in [2.05, 4.69) is 6.92 Å². The van der Waals surface area contributed by atoms with Crippen LogP contribution in [-0.4, -0.2) is 29.6 Å². The lowest BCUT2D eigenvalue weighted by Gasteiger charge is -2.25. The number of ether oxygens (including phenoxy) is 1. The molecule has 0 bridgehead atoms. The Morgan fingerprint density at radius 3 is 2.89 bits per heavy atom. The van der Waals surface area contributed by atoms with E-state index in [4.69, 9.17) is 9.16 Å². The molecule has 0 atom stereocenters. The average Bonchev–Trinajstić information content (AvgIpc) is 1.76. The van der Waals surface area contributed by atoms with Gasteiger partial charge in [0.1, 0.15) is 0 Å². The van der Waals surface area contributed by atoms with Gasteiger partial charge < -0.3 is 9.16 Å². The third kappa shape index (κ3) is 2.47. The molecule has 1 rings (SSSR count). The van der Waals surface area contributed by atoms with Gasteiger partial charge in [-0.1, -0.05) is 0 Å². The molecule has 0 aromatic carbocycles. The lowest BCUT2D eigenvalue weighted by molar-refractivity contribution is -0.0230. The first-order chi connectivity index (χ1) is 4.43. The molecule has 0 spiro atoms. The van der Waals surface area contributed by atoms with Crippen molar-refractivity contribution in [1.82, 2.24) is 0 Å². The van der Waals surface area contributed by atoms with Crippen molar-refractivity contribution in [3.8, 4) is 0 Å². The van der Waals surface area contributed by atoms with Crippen LogP contribution >= 0.6 is 0 Å². The van der Waals surface area contributed by atoms with Gasteiger partial charge in [0.15, 0.2) is 9.76 Å². The van der Waals surface area contributed by atoms with E-state index in [0.29, 0.717) is 0 Å². The summed E-state index contributed by atoms with van der Waals surface area (Å²) in [6.07, 6.45) is 0. The van der Waals surface area contributed by atoms with E-state index in [9.17, 15) is 0 Å². The summed E-state index contributed by atoms with van der Waals surface area (Å²) < 4.78 is 10.4. The number of hydrogen-bond donors (Lipinski definition) is 0. The topological polar surface area (TPSA) is 18.5 Å². The Kier molecular flexibility index (Phi) is 3.25. The van der Waals surface area contributed by atoms with Gasteiger partial charge in [0.25, 0.3) is 0 Å². The van der Waals surface area contributed by atoms with Crippen LogP contribution in [0.3, 0.4) is 0 Å². The minimum absolute atomic E-state index is 0.176. The van der Waals surface area contributed by atoms with Gasteiger partial charge in [-0.25, -0.2) is 0 Å². The summed E-state index contributed by atoms with van der Waals surface area (Å²) in [6, 6.07) is 1.31. The van der Waals surface area contributed by atoms with Crippen LogP contribution in [-0.2, 0) is 9.16 Å². The smallest absolute Gasteiger partial charge is 0.161 e. The van der Waals surface area contributed by atoms with Crippen molar-refractivity contribution in [3.05, 3.63) is 0 Å². The van der Waals surface area contributed by atoms with Gasteiger partial charge in [-0.2, -0.15) is 0 Å². The minimum Gasteiger partial charge on any atom is -0.424 e. The fourth-order valence-electron chi connectivity index (χ4n) is 0.846. The third-order valence-corrected chi connectivity index (χ3v) is 3.33. The molecule has 0 radical (unpaired) electrons. The van der Waals surface area contributed by atoms with Crippen LogP contribution in [0, 0.1) is 5.92 Å². The standard InChI is InChI=1S/C6H14O2Si/c1-2-8-9-5-6-3-7-4-6/h6H,2-5,9H2,1H3. The van der Waals surface area contributed by atoms with Crippen LogP contribution < -0.4 is 0 Å². The summed E-state index contributed by atoms with van der Waals surface area (Å²) in [7, 11) is -0.176. The molecule has 1 heterocycles. The van der Waals surface area contributed by atoms with Gasteiger partial charge in [-0.3, -0.25) is 0 Å². The van der Waals surface area contributed by atoms with Gasteiger partial charge >= 0.3 is 0 Å². The fourth-order valence-corrected chi connectivity index (χ4v) is 1.97. The maximum atomic E-state index is 5.32. The molecule has 1 fully saturated rings. The number of rotatable bonds is 4. The molecule has 54 valence electrons. The van der Waals surface area contributed by atoms with E-state index in [0.717, 1.165) is 25.7 Å². The van der Waals surface area contributed by atoms with E-state index in [1.807, 2.05) is 0 Å². The molecular formula is C6H14O2Si. The van der Waals surface area contributed by atoms with Crippen LogP contribution in [0.2, 0.25) is 6.04 Å². The minimum atomic E-state index is -0.176. The second-order valence-corrected chi connectivity index (χ2v) is 3.78. The quantitative estimate of drug-likeness (QED) is 0.416. The van der Waals surface area contributed by atoms with Gasteiger partial charge in [-0.05, 0) is 13.0 Å². The van der Waals surface area contributed by atoms with Crippen molar-refractivity contribution in [2.24, 2.45) is 5.92 Å². The van der Waals surface area contributed by atoms with Crippen LogP contribution in [0.15, 0.2) is 0 Å². The Morgan fingerprint density at radius 2 is 2.44 bits per heavy atom. The maximum Gasteiger partial charge on any atom is 0.161 e. The molecule has 0 amide bonds. The molecule has 0 N–H and O–H groups in total. The highest BCUT2D eigenvalue weighted by atomic mass is 28.2. The van der Waals surface area contributed by atoms with Crippen molar-refractivity contribution in [3.63, 3.8) is 0 Å². The van der Waals surface area contributed by atoms with Gasteiger partial charge in [0.2, 0.25) is 0 Å². The number of hydrogen-bond acceptors (Lipinski definition) is 2. The van der Waals surface area contributed by atoms with Crippen molar-refractivity contribution in [2.75, 3.05) is 19.8 Å². The molecule has 9 heavy (non-hydrogen) atoms. The molecule has 0 aliphatic carbocycles. The summed E-state index contributed by atoms with van der Waals surface area (Å²) in [5, 5.41) is 0. The van der Waals surface area contributed by atoms with Crippen LogP contribution in [0.25, 0.3) is 0 Å². The van der Waals surface area contributed by atoms with Crippen molar-refractivity contribution < 1.29 is 9.16 Å². The monoisotopic (exact) mass is 146 g/mol. The summed E-state index contributed by atoms with van der Waals surface area (Å²) in [6.45, 7) is 4.93. The van der Waals surface area contributed by atoms with E-state index in [1.165, 1.54) is 6.04 Å². The highest BCUT2D eigenvalue weighted by molar-refractivity contribution is 6.27. The summed E-state index contributed by atoms with van der Waals surface area (Å²) in [5.74, 6) is 0.850. The van der Waals surface area contributed by atoms with Crippen LogP contribution in [0.5, 0.6) is 0 Å². The molecule has 2 nitrogen and oxygen atoms in total. The normalized spacial score (nSPS) is 21.0. The van der Waals surface area contributed by atoms with E-state index >= 15 is 0 Å². The average molecular weight is 146 g/mol. The molecule has 1 saturated heterocycles. The second kappa shape index (κ2) is 4.03. The molecule has 1 aliphatic rings. The molecule has 0 aromatic heterocycles. The first-order valence-electron chi connectivity index (χ1n) is 3.59. The zero-order valence-corrected chi connectivity index (χ0v) is 7.34. The highest BCUT2D eigenvalue weighted by Crippen LogP contribution is 2.13. The van der Waals surface area contributed by atoms with Crippen molar-refractivity contribution in [1.29, 1.82) is 0 Å². The zero-order chi connectivity index (χ0) is 6.53. The third-order valence-electron chi connectivity index (χ3n) is 1.58.